The maximum absolute atomic E-state index is 12.8. The molecule has 3 N–H and O–H groups in total. The molecule has 1 aromatic carbocycles. The molecule has 0 aromatic heterocycles. The van der Waals surface area contributed by atoms with Crippen molar-refractivity contribution in [1.82, 2.24) is 10.2 Å². The Hall–Kier alpha value is -3.13. The summed E-state index contributed by atoms with van der Waals surface area (Å²) >= 11 is 0. The van der Waals surface area contributed by atoms with Crippen LogP contribution in [0.5, 0.6) is 0 Å². The monoisotopic (exact) mass is 416 g/mol. The van der Waals surface area contributed by atoms with E-state index >= 15 is 0 Å². The molecule has 0 spiro atoms. The van der Waals surface area contributed by atoms with Gasteiger partial charge < -0.3 is 25.2 Å². The van der Waals surface area contributed by atoms with E-state index < -0.39 is 24.6 Å². The van der Waals surface area contributed by atoms with Crippen molar-refractivity contribution < 1.29 is 29.3 Å². The lowest BCUT2D eigenvalue weighted by molar-refractivity contribution is -0.144. The Morgan fingerprint density at radius 3 is 2.53 bits per heavy atom. The van der Waals surface area contributed by atoms with Crippen LogP contribution in [0.3, 0.4) is 0 Å². The van der Waals surface area contributed by atoms with Gasteiger partial charge >= 0.3 is 11.9 Å². The van der Waals surface area contributed by atoms with Gasteiger partial charge in [-0.15, -0.1) is 0 Å². The Morgan fingerprint density at radius 1 is 1.33 bits per heavy atom. The van der Waals surface area contributed by atoms with Gasteiger partial charge in [0.15, 0.2) is 0 Å². The van der Waals surface area contributed by atoms with Crippen molar-refractivity contribution >= 4 is 23.9 Å². The van der Waals surface area contributed by atoms with Crippen LogP contribution in [0.25, 0.3) is 5.57 Å². The first-order valence-electron chi connectivity index (χ1n) is 9.73. The van der Waals surface area contributed by atoms with Crippen molar-refractivity contribution in [3.63, 3.8) is 0 Å². The van der Waals surface area contributed by atoms with Crippen molar-refractivity contribution in [2.45, 2.75) is 32.9 Å². The normalized spacial score (nSPS) is 18.0. The molecule has 1 aromatic rings. The third-order valence-corrected chi connectivity index (χ3v) is 5.54. The number of benzene rings is 1. The lowest BCUT2D eigenvalue weighted by atomic mass is 9.85. The first-order valence-corrected chi connectivity index (χ1v) is 9.73. The molecule has 162 valence electrons. The van der Waals surface area contributed by atoms with Crippen LogP contribution >= 0.6 is 0 Å². The number of nitrogens with zero attached hydrogens (tertiary/aromatic N) is 1. The van der Waals surface area contributed by atoms with E-state index in [9.17, 15) is 24.6 Å². The minimum atomic E-state index is -0.934. The molecule has 0 aliphatic carbocycles. The standard InChI is InChI=1S/C22H28N2O6/c1-4-9-30-22(29)20-18(17-7-5-16(6-8-17)11-23-12-25)10-19(24(20)13-26)14(2)15(3)21(27)28/h4-8,12,14-15,19,26H,1,9-11,13H2,2-3H3,(H,23,25)(H,27,28). The van der Waals surface area contributed by atoms with Crippen LogP contribution in [-0.2, 0) is 25.7 Å². The minimum Gasteiger partial charge on any atom is -0.481 e. The minimum absolute atomic E-state index is 0.0247. The number of hydrogen-bond acceptors (Lipinski definition) is 6. The number of carbonyl (C=O) groups is 3. The number of carbonyl (C=O) groups excluding carboxylic acids is 2. The number of hydrogen-bond donors (Lipinski definition) is 3. The fourth-order valence-corrected chi connectivity index (χ4v) is 3.64. The molecule has 0 bridgehead atoms. The van der Waals surface area contributed by atoms with E-state index in [1.807, 2.05) is 24.3 Å². The van der Waals surface area contributed by atoms with Crippen molar-refractivity contribution in [3.8, 4) is 0 Å². The first-order chi connectivity index (χ1) is 14.3. The van der Waals surface area contributed by atoms with Crippen LogP contribution in [-0.4, -0.2) is 52.8 Å². The Morgan fingerprint density at radius 2 is 2.00 bits per heavy atom. The van der Waals surface area contributed by atoms with E-state index in [0.717, 1.165) is 11.1 Å². The Balaban J connectivity index is 2.43. The van der Waals surface area contributed by atoms with Gasteiger partial charge in [0.1, 0.15) is 19.0 Å². The number of carboxylic acids is 1. The van der Waals surface area contributed by atoms with Crippen LogP contribution in [0, 0.1) is 11.8 Å². The van der Waals surface area contributed by atoms with E-state index in [2.05, 4.69) is 11.9 Å². The summed E-state index contributed by atoms with van der Waals surface area (Å²) in [5.74, 6) is -2.52. The smallest absolute Gasteiger partial charge is 0.355 e. The van der Waals surface area contributed by atoms with Crippen molar-refractivity contribution in [1.29, 1.82) is 0 Å². The number of nitrogens with one attached hydrogen (secondary N) is 1. The summed E-state index contributed by atoms with van der Waals surface area (Å²) in [6.45, 7) is 6.93. The third-order valence-electron chi connectivity index (χ3n) is 5.54. The SMILES string of the molecule is C=CCOC(=O)C1=C(c2ccc(CNC=O)cc2)CC(C(C)C(C)C(=O)O)N1CO. The zero-order valence-electron chi connectivity index (χ0n) is 17.2. The van der Waals surface area contributed by atoms with Gasteiger partial charge in [0, 0.05) is 12.6 Å². The van der Waals surface area contributed by atoms with Crippen LogP contribution in [0.1, 0.15) is 31.4 Å². The van der Waals surface area contributed by atoms with Gasteiger partial charge in [-0.25, -0.2) is 4.79 Å². The Labute approximate surface area is 175 Å². The second kappa shape index (κ2) is 10.6. The number of esters is 1. The van der Waals surface area contributed by atoms with Gasteiger partial charge in [0.2, 0.25) is 6.41 Å². The maximum atomic E-state index is 12.8. The van der Waals surface area contributed by atoms with Gasteiger partial charge in [-0.1, -0.05) is 50.8 Å². The van der Waals surface area contributed by atoms with E-state index in [4.69, 9.17) is 4.74 Å². The van der Waals surface area contributed by atoms with Crippen molar-refractivity contribution in [2.75, 3.05) is 13.3 Å². The highest BCUT2D eigenvalue weighted by atomic mass is 16.5. The van der Waals surface area contributed by atoms with Crippen LogP contribution in [0.15, 0.2) is 42.6 Å². The highest BCUT2D eigenvalue weighted by molar-refractivity contribution is 5.98. The maximum Gasteiger partial charge on any atom is 0.355 e. The van der Waals surface area contributed by atoms with Gasteiger partial charge in [0.25, 0.3) is 0 Å². The Bertz CT molecular complexity index is 817. The van der Waals surface area contributed by atoms with Gasteiger partial charge in [0.05, 0.1) is 5.92 Å². The molecule has 1 aliphatic heterocycles. The van der Waals surface area contributed by atoms with Gasteiger partial charge in [-0.2, -0.15) is 0 Å². The van der Waals surface area contributed by atoms with Gasteiger partial charge in [-0.05, 0) is 29.0 Å². The number of rotatable bonds is 11. The summed E-state index contributed by atoms with van der Waals surface area (Å²) in [7, 11) is 0. The summed E-state index contributed by atoms with van der Waals surface area (Å²) in [6, 6.07) is 6.97. The zero-order valence-corrected chi connectivity index (χ0v) is 17.2. The number of aliphatic hydroxyl groups excluding tert-OH is 1. The van der Waals surface area contributed by atoms with E-state index in [-0.39, 0.29) is 24.3 Å². The lowest BCUT2D eigenvalue weighted by Crippen LogP contribution is -2.41. The second-order valence-electron chi connectivity index (χ2n) is 7.28. The molecule has 3 unspecified atom stereocenters. The fraction of sp³-hybridized carbons (Fsp3) is 0.409. The number of aliphatic carboxylic acids is 1. The van der Waals surface area contributed by atoms with Crippen LogP contribution < -0.4 is 5.32 Å². The Kier molecular flexibility index (Phi) is 8.17. The second-order valence-corrected chi connectivity index (χ2v) is 7.28. The molecule has 1 aliphatic rings. The zero-order chi connectivity index (χ0) is 22.3. The highest BCUT2D eigenvalue weighted by Crippen LogP contribution is 2.40. The number of aliphatic hydroxyl groups is 1. The molecule has 8 nitrogen and oxygen atoms in total. The lowest BCUT2D eigenvalue weighted by Gasteiger charge is -2.32. The fourth-order valence-electron chi connectivity index (χ4n) is 3.64. The molecule has 2 rings (SSSR count). The molecule has 1 amide bonds. The van der Waals surface area contributed by atoms with E-state index in [0.29, 0.717) is 24.9 Å². The number of ether oxygens (including phenoxy) is 1. The third kappa shape index (κ3) is 5.07. The number of carboxylic acid groups (broad SMARTS) is 1. The molecule has 8 heteroatoms. The molecule has 3 atom stereocenters. The summed E-state index contributed by atoms with van der Waals surface area (Å²) in [6.07, 6.45) is 2.47. The summed E-state index contributed by atoms with van der Waals surface area (Å²) < 4.78 is 5.24. The molecule has 0 saturated heterocycles. The summed E-state index contributed by atoms with van der Waals surface area (Å²) in [4.78, 5) is 36.3. The van der Waals surface area contributed by atoms with Crippen LogP contribution in [0.4, 0.5) is 0 Å². The molecular weight excluding hydrogens is 388 g/mol. The molecule has 1 heterocycles. The van der Waals surface area contributed by atoms with Crippen molar-refractivity contribution in [3.05, 3.63) is 53.7 Å². The first kappa shape index (κ1) is 23.2. The molecule has 0 saturated carbocycles. The predicted molar refractivity (Wildman–Crippen MR) is 111 cm³/mol. The molecule has 30 heavy (non-hydrogen) atoms. The predicted octanol–water partition coefficient (Wildman–Crippen LogP) is 1.75. The quantitative estimate of drug-likeness (QED) is 0.286. The largest absolute Gasteiger partial charge is 0.481 e. The van der Waals surface area contributed by atoms with Gasteiger partial charge in [-0.3, -0.25) is 9.59 Å². The van der Waals surface area contributed by atoms with E-state index in [1.165, 1.54) is 11.0 Å². The average molecular weight is 416 g/mol. The van der Waals surface area contributed by atoms with E-state index in [1.54, 1.807) is 13.8 Å². The average Bonchev–Trinajstić information content (AvgIpc) is 3.14. The molecule has 0 fully saturated rings. The molecular formula is C22H28N2O6. The summed E-state index contributed by atoms with van der Waals surface area (Å²) in [5, 5.41) is 22.0. The summed E-state index contributed by atoms with van der Waals surface area (Å²) in [5.41, 5.74) is 2.57. The molecule has 0 radical (unpaired) electrons. The topological polar surface area (TPSA) is 116 Å². The highest BCUT2D eigenvalue weighted by Gasteiger charge is 2.41. The van der Waals surface area contributed by atoms with Crippen molar-refractivity contribution in [2.24, 2.45) is 11.8 Å². The number of amides is 1. The van der Waals surface area contributed by atoms with Crippen LogP contribution in [0.2, 0.25) is 0 Å².